The molecule has 0 aromatic carbocycles. The van der Waals surface area contributed by atoms with E-state index in [1.807, 2.05) is 6.92 Å². The normalized spacial score (nSPS) is 14.9. The number of nitrogens with one attached hydrogen (secondary N) is 1. The number of carbonyl (C=O) groups is 1. The van der Waals surface area contributed by atoms with Gasteiger partial charge >= 0.3 is 0 Å². The molecule has 1 saturated heterocycles. The van der Waals surface area contributed by atoms with Gasteiger partial charge in [0.15, 0.2) is 0 Å². The highest BCUT2D eigenvalue weighted by Gasteiger charge is 2.22. The van der Waals surface area contributed by atoms with Gasteiger partial charge in [0.05, 0.1) is 5.69 Å². The first kappa shape index (κ1) is 17.6. The van der Waals surface area contributed by atoms with Crippen molar-refractivity contribution in [3.05, 3.63) is 11.5 Å². The van der Waals surface area contributed by atoms with E-state index < -0.39 is 0 Å². The van der Waals surface area contributed by atoms with Gasteiger partial charge in [-0.1, -0.05) is 19.0 Å². The maximum absolute atomic E-state index is 11.9. The van der Waals surface area contributed by atoms with E-state index in [1.54, 1.807) is 0 Å². The number of anilines is 1. The quantitative estimate of drug-likeness (QED) is 0.830. The summed E-state index contributed by atoms with van der Waals surface area (Å²) in [4.78, 5) is 23.5. The molecular formula is C18H27N5O2. The Bertz CT molecular complexity index is 722. The third-order valence-corrected chi connectivity index (χ3v) is 4.57. The van der Waals surface area contributed by atoms with Gasteiger partial charge in [-0.05, 0) is 32.1 Å². The smallest absolute Gasteiger partial charge is 0.263 e. The van der Waals surface area contributed by atoms with Gasteiger partial charge in [-0.2, -0.15) is 4.98 Å². The maximum atomic E-state index is 11.9. The van der Waals surface area contributed by atoms with E-state index >= 15 is 0 Å². The summed E-state index contributed by atoms with van der Waals surface area (Å²) in [5, 5.41) is 7.99. The summed E-state index contributed by atoms with van der Waals surface area (Å²) in [6.07, 6.45) is 6.23. The molecule has 0 atom stereocenters. The fraction of sp³-hybridized carbons (Fsp3) is 0.667. The molecule has 136 valence electrons. The molecular weight excluding hydrogens is 318 g/mol. The van der Waals surface area contributed by atoms with Crippen molar-refractivity contribution in [2.45, 2.75) is 58.8 Å². The molecule has 0 saturated carbocycles. The molecule has 2 aromatic heterocycles. The highest BCUT2D eigenvalue weighted by molar-refractivity contribution is 5.88. The van der Waals surface area contributed by atoms with E-state index in [0.29, 0.717) is 30.9 Å². The Morgan fingerprint density at radius 1 is 1.20 bits per heavy atom. The Hall–Kier alpha value is -2.18. The molecule has 0 spiro atoms. The summed E-state index contributed by atoms with van der Waals surface area (Å²) in [6.45, 7) is 6.80. The van der Waals surface area contributed by atoms with Crippen LogP contribution in [0.4, 0.5) is 5.82 Å². The van der Waals surface area contributed by atoms with Gasteiger partial charge in [-0.3, -0.25) is 4.79 Å². The highest BCUT2D eigenvalue weighted by Crippen LogP contribution is 2.29. The third-order valence-electron chi connectivity index (χ3n) is 4.57. The molecule has 7 heteroatoms. The first-order valence-corrected chi connectivity index (χ1v) is 9.39. The summed E-state index contributed by atoms with van der Waals surface area (Å²) in [6, 6.07) is 0. The number of hydrogen-bond donors (Lipinski definition) is 1. The van der Waals surface area contributed by atoms with Crippen LogP contribution >= 0.6 is 0 Å². The van der Waals surface area contributed by atoms with Crippen LogP contribution in [0.25, 0.3) is 11.1 Å². The molecule has 25 heavy (non-hydrogen) atoms. The number of nitrogens with zero attached hydrogens (tertiary/aromatic N) is 4. The lowest BCUT2D eigenvalue weighted by molar-refractivity contribution is -0.121. The van der Waals surface area contributed by atoms with E-state index in [1.165, 1.54) is 19.3 Å². The zero-order chi connectivity index (χ0) is 17.6. The minimum absolute atomic E-state index is 0.0388. The highest BCUT2D eigenvalue weighted by atomic mass is 16.5. The summed E-state index contributed by atoms with van der Waals surface area (Å²) in [5.74, 6) is 1.61. The van der Waals surface area contributed by atoms with Gasteiger partial charge < -0.3 is 14.7 Å². The van der Waals surface area contributed by atoms with Crippen molar-refractivity contribution >= 4 is 22.8 Å². The van der Waals surface area contributed by atoms with Crippen LogP contribution in [0.2, 0.25) is 0 Å². The molecule has 0 radical (unpaired) electrons. The number of piperidine rings is 1. The molecule has 0 unspecified atom stereocenters. The largest absolute Gasteiger partial charge is 0.356 e. The van der Waals surface area contributed by atoms with Crippen LogP contribution in [-0.4, -0.2) is 40.7 Å². The zero-order valence-electron chi connectivity index (χ0n) is 15.2. The molecule has 1 aliphatic heterocycles. The monoisotopic (exact) mass is 345 g/mol. The average molecular weight is 345 g/mol. The lowest BCUT2D eigenvalue weighted by Gasteiger charge is -2.28. The molecule has 3 rings (SSSR count). The number of carbonyl (C=O) groups excluding carboxylic acids is 1. The van der Waals surface area contributed by atoms with E-state index in [2.05, 4.69) is 27.3 Å². The predicted molar refractivity (Wildman–Crippen MR) is 96.7 cm³/mol. The van der Waals surface area contributed by atoms with E-state index in [-0.39, 0.29) is 5.91 Å². The molecule has 3 heterocycles. The molecule has 2 aromatic rings. The fourth-order valence-electron chi connectivity index (χ4n) is 3.20. The Balaban J connectivity index is 1.86. The van der Waals surface area contributed by atoms with E-state index in [4.69, 9.17) is 9.51 Å². The lowest BCUT2D eigenvalue weighted by atomic mass is 10.1. The fourth-order valence-corrected chi connectivity index (χ4v) is 3.20. The molecule has 0 aliphatic carbocycles. The Labute approximate surface area is 148 Å². The van der Waals surface area contributed by atoms with Gasteiger partial charge in [0.2, 0.25) is 5.91 Å². The standard InChI is InChI=1S/C18H27N5O2/c1-3-10-19-15(24)9-8-14-20-17(23-11-6-5-7-12-23)16-13(4-2)22-25-18(16)21-14/h3-12H2,1-2H3,(H,19,24). The second kappa shape index (κ2) is 8.27. The maximum Gasteiger partial charge on any atom is 0.263 e. The van der Waals surface area contributed by atoms with E-state index in [0.717, 1.165) is 42.8 Å². The lowest BCUT2D eigenvalue weighted by Crippen LogP contribution is -2.31. The van der Waals surface area contributed by atoms with Crippen LogP contribution in [0.5, 0.6) is 0 Å². The van der Waals surface area contributed by atoms with Crippen LogP contribution in [0.1, 0.15) is 57.5 Å². The van der Waals surface area contributed by atoms with Crippen LogP contribution in [-0.2, 0) is 17.6 Å². The summed E-state index contributed by atoms with van der Waals surface area (Å²) >= 11 is 0. The van der Waals surface area contributed by atoms with Gasteiger partial charge in [-0.15, -0.1) is 0 Å². The van der Waals surface area contributed by atoms with Crippen LogP contribution < -0.4 is 10.2 Å². The topological polar surface area (TPSA) is 84.2 Å². The number of amides is 1. The number of fused-ring (bicyclic) bond motifs is 1. The SMILES string of the molecule is CCCNC(=O)CCc1nc(N2CCCCC2)c2c(CC)noc2n1. The van der Waals surface area contributed by atoms with Gasteiger partial charge in [0.25, 0.3) is 5.71 Å². The molecule has 1 aliphatic rings. The minimum atomic E-state index is 0.0388. The number of hydrogen-bond acceptors (Lipinski definition) is 6. The van der Waals surface area contributed by atoms with Crippen molar-refractivity contribution in [3.63, 3.8) is 0 Å². The first-order valence-electron chi connectivity index (χ1n) is 9.39. The molecule has 1 N–H and O–H groups in total. The molecule has 1 fully saturated rings. The van der Waals surface area contributed by atoms with Crippen LogP contribution in [0.3, 0.4) is 0 Å². The van der Waals surface area contributed by atoms with Crippen molar-refractivity contribution in [3.8, 4) is 0 Å². The van der Waals surface area contributed by atoms with Crippen LogP contribution in [0.15, 0.2) is 4.52 Å². The third kappa shape index (κ3) is 4.08. The second-order valence-electron chi connectivity index (χ2n) is 6.52. The molecule has 7 nitrogen and oxygen atoms in total. The number of rotatable bonds is 7. The average Bonchev–Trinajstić information content (AvgIpc) is 3.07. The van der Waals surface area contributed by atoms with Gasteiger partial charge in [-0.25, -0.2) is 4.98 Å². The Kier molecular flexibility index (Phi) is 5.83. The summed E-state index contributed by atoms with van der Waals surface area (Å²) in [5.41, 5.74) is 1.44. The van der Waals surface area contributed by atoms with Crippen molar-refractivity contribution in [1.82, 2.24) is 20.4 Å². The Morgan fingerprint density at radius 2 is 2.00 bits per heavy atom. The van der Waals surface area contributed by atoms with Crippen molar-refractivity contribution in [1.29, 1.82) is 0 Å². The van der Waals surface area contributed by atoms with Gasteiger partial charge in [0, 0.05) is 32.5 Å². The molecule has 0 bridgehead atoms. The van der Waals surface area contributed by atoms with Crippen molar-refractivity contribution in [2.75, 3.05) is 24.5 Å². The first-order chi connectivity index (χ1) is 12.2. The summed E-state index contributed by atoms with van der Waals surface area (Å²) < 4.78 is 5.46. The van der Waals surface area contributed by atoms with Crippen molar-refractivity contribution < 1.29 is 9.32 Å². The Morgan fingerprint density at radius 3 is 2.72 bits per heavy atom. The van der Waals surface area contributed by atoms with Crippen LogP contribution in [0, 0.1) is 0 Å². The van der Waals surface area contributed by atoms with Gasteiger partial charge in [0.1, 0.15) is 17.0 Å². The van der Waals surface area contributed by atoms with E-state index in [9.17, 15) is 4.79 Å². The second-order valence-corrected chi connectivity index (χ2v) is 6.52. The predicted octanol–water partition coefficient (Wildman–Crippen LogP) is 2.63. The van der Waals surface area contributed by atoms with Crippen molar-refractivity contribution in [2.24, 2.45) is 0 Å². The number of aromatic nitrogens is 3. The number of aryl methyl sites for hydroxylation is 2. The molecule has 1 amide bonds. The zero-order valence-corrected chi connectivity index (χ0v) is 15.2. The minimum Gasteiger partial charge on any atom is -0.356 e. The summed E-state index contributed by atoms with van der Waals surface area (Å²) in [7, 11) is 0.